The molecule has 1 rings (SSSR count). The summed E-state index contributed by atoms with van der Waals surface area (Å²) in [7, 11) is -2.28. The van der Waals surface area contributed by atoms with Crippen molar-refractivity contribution in [1.82, 2.24) is 9.62 Å². The van der Waals surface area contributed by atoms with Crippen LogP contribution in [-0.2, 0) is 16.6 Å². The minimum Gasteiger partial charge on any atom is -0.395 e. The van der Waals surface area contributed by atoms with Gasteiger partial charge >= 0.3 is 0 Å². The summed E-state index contributed by atoms with van der Waals surface area (Å²) in [6, 6.07) is 3.95. The predicted octanol–water partition coefficient (Wildman–Crippen LogP) is 0.714. The molecule has 0 aliphatic rings. The molecule has 0 spiro atoms. The number of nitrogens with zero attached hydrogens (tertiary/aromatic N) is 1. The van der Waals surface area contributed by atoms with Crippen molar-refractivity contribution in [2.24, 2.45) is 0 Å². The number of halogens is 1. The van der Waals surface area contributed by atoms with Crippen molar-refractivity contribution < 1.29 is 17.9 Å². The maximum atomic E-state index is 13.8. The third-order valence-electron chi connectivity index (χ3n) is 2.68. The second-order valence-corrected chi connectivity index (χ2v) is 6.08. The van der Waals surface area contributed by atoms with Gasteiger partial charge in [0.25, 0.3) is 0 Å². The Morgan fingerprint density at radius 1 is 1.50 bits per heavy atom. The summed E-state index contributed by atoms with van der Waals surface area (Å²) in [6.45, 7) is 3.47. The summed E-state index contributed by atoms with van der Waals surface area (Å²) >= 11 is 0. The summed E-state index contributed by atoms with van der Waals surface area (Å²) < 4.78 is 39.6. The van der Waals surface area contributed by atoms with Crippen molar-refractivity contribution in [3.05, 3.63) is 42.2 Å². The van der Waals surface area contributed by atoms with Crippen LogP contribution >= 0.6 is 0 Å². The van der Waals surface area contributed by atoms with Crippen LogP contribution in [0.3, 0.4) is 0 Å². The molecule has 0 bridgehead atoms. The van der Waals surface area contributed by atoms with E-state index in [-0.39, 0.29) is 24.6 Å². The molecule has 0 aliphatic heterocycles. The lowest BCUT2D eigenvalue weighted by Crippen LogP contribution is -2.34. The topological polar surface area (TPSA) is 69.6 Å². The van der Waals surface area contributed by atoms with Gasteiger partial charge in [-0.15, -0.1) is 6.58 Å². The number of aliphatic hydroxyl groups is 1. The molecule has 0 unspecified atom stereocenters. The highest BCUT2D eigenvalue weighted by Gasteiger charge is 2.26. The van der Waals surface area contributed by atoms with E-state index in [2.05, 4.69) is 11.9 Å². The Morgan fingerprint density at radius 2 is 2.20 bits per heavy atom. The Morgan fingerprint density at radius 3 is 2.75 bits per heavy atom. The first-order valence-electron chi connectivity index (χ1n) is 6.12. The summed E-state index contributed by atoms with van der Waals surface area (Å²) in [6.07, 6.45) is 1.39. The van der Waals surface area contributed by atoms with E-state index in [1.807, 2.05) is 0 Å². The number of rotatable bonds is 8. The van der Waals surface area contributed by atoms with E-state index < -0.39 is 15.8 Å². The Bertz CT molecular complexity index is 561. The van der Waals surface area contributed by atoms with Gasteiger partial charge in [0.05, 0.1) is 6.61 Å². The average Bonchev–Trinajstić information content (AvgIpc) is 2.41. The Balaban J connectivity index is 3.24. The molecule has 0 atom stereocenters. The lowest BCUT2D eigenvalue weighted by atomic mass is 10.2. The minimum absolute atomic E-state index is 0.0125. The molecule has 5 nitrogen and oxygen atoms in total. The maximum absolute atomic E-state index is 13.8. The van der Waals surface area contributed by atoms with Crippen molar-refractivity contribution >= 4 is 10.0 Å². The van der Waals surface area contributed by atoms with Crippen LogP contribution in [0.25, 0.3) is 0 Å². The van der Waals surface area contributed by atoms with E-state index in [4.69, 9.17) is 5.11 Å². The van der Waals surface area contributed by atoms with E-state index in [1.165, 1.54) is 18.2 Å². The van der Waals surface area contributed by atoms with Crippen LogP contribution in [0.1, 0.15) is 5.56 Å². The third-order valence-corrected chi connectivity index (χ3v) is 4.56. The van der Waals surface area contributed by atoms with Gasteiger partial charge in [-0.1, -0.05) is 12.1 Å². The van der Waals surface area contributed by atoms with E-state index >= 15 is 0 Å². The van der Waals surface area contributed by atoms with Crippen LogP contribution in [0.2, 0.25) is 0 Å². The van der Waals surface area contributed by atoms with Crippen LogP contribution in [-0.4, -0.2) is 44.6 Å². The summed E-state index contributed by atoms with van der Waals surface area (Å²) in [5, 5.41) is 11.8. The van der Waals surface area contributed by atoms with Crippen LogP contribution in [0.15, 0.2) is 35.7 Å². The molecule has 0 saturated heterocycles. The SMILES string of the molecule is C=CCN(CCO)S(=O)(=O)c1cc(CNC)ccc1F. The van der Waals surface area contributed by atoms with Gasteiger partial charge in [-0.25, -0.2) is 12.8 Å². The molecule has 1 aromatic carbocycles. The molecule has 0 aliphatic carbocycles. The minimum atomic E-state index is -4.00. The van der Waals surface area contributed by atoms with Crippen molar-refractivity contribution in [1.29, 1.82) is 0 Å². The molecule has 0 heterocycles. The zero-order chi connectivity index (χ0) is 15.2. The van der Waals surface area contributed by atoms with Crippen LogP contribution in [0, 0.1) is 5.82 Å². The summed E-state index contributed by atoms with van der Waals surface area (Å²) in [5.41, 5.74) is 0.662. The average molecular weight is 302 g/mol. The summed E-state index contributed by atoms with van der Waals surface area (Å²) in [4.78, 5) is -0.388. The molecule has 0 amide bonds. The first kappa shape index (κ1) is 16.8. The van der Waals surface area contributed by atoms with Gasteiger partial charge in [-0.3, -0.25) is 0 Å². The van der Waals surface area contributed by atoms with Gasteiger partial charge in [-0.2, -0.15) is 4.31 Å². The lowest BCUT2D eigenvalue weighted by molar-refractivity contribution is 0.260. The van der Waals surface area contributed by atoms with E-state index in [0.29, 0.717) is 12.1 Å². The molecule has 0 radical (unpaired) electrons. The molecule has 112 valence electrons. The molecule has 7 heteroatoms. The Hall–Kier alpha value is -1.28. The monoisotopic (exact) mass is 302 g/mol. The highest BCUT2D eigenvalue weighted by Crippen LogP contribution is 2.20. The third kappa shape index (κ3) is 3.86. The quantitative estimate of drug-likeness (QED) is 0.694. The number of hydrogen-bond acceptors (Lipinski definition) is 4. The predicted molar refractivity (Wildman–Crippen MR) is 75.2 cm³/mol. The van der Waals surface area contributed by atoms with Gasteiger partial charge in [-0.05, 0) is 24.7 Å². The highest BCUT2D eigenvalue weighted by atomic mass is 32.2. The van der Waals surface area contributed by atoms with Gasteiger partial charge in [0.2, 0.25) is 10.0 Å². The maximum Gasteiger partial charge on any atom is 0.246 e. The van der Waals surface area contributed by atoms with Crippen molar-refractivity contribution in [2.75, 3.05) is 26.7 Å². The Labute approximate surface area is 118 Å². The first-order chi connectivity index (χ1) is 9.47. The van der Waals surface area contributed by atoms with E-state index in [0.717, 1.165) is 10.4 Å². The van der Waals surface area contributed by atoms with Crippen LogP contribution < -0.4 is 5.32 Å². The molecule has 20 heavy (non-hydrogen) atoms. The number of aliphatic hydroxyl groups excluding tert-OH is 1. The molecule has 0 fully saturated rings. The molecule has 1 aromatic rings. The highest BCUT2D eigenvalue weighted by molar-refractivity contribution is 7.89. The second-order valence-electron chi connectivity index (χ2n) is 4.17. The molecule has 2 N–H and O–H groups in total. The summed E-state index contributed by atoms with van der Waals surface area (Å²) in [5.74, 6) is -0.808. The Kier molecular flexibility index (Phi) is 6.28. The fourth-order valence-electron chi connectivity index (χ4n) is 1.76. The second kappa shape index (κ2) is 7.49. The number of hydrogen-bond donors (Lipinski definition) is 2. The normalized spacial score (nSPS) is 11.8. The largest absolute Gasteiger partial charge is 0.395 e. The zero-order valence-electron chi connectivity index (χ0n) is 11.3. The van der Waals surface area contributed by atoms with Gasteiger partial charge in [0.1, 0.15) is 10.7 Å². The zero-order valence-corrected chi connectivity index (χ0v) is 12.2. The van der Waals surface area contributed by atoms with Gasteiger partial charge in [0, 0.05) is 19.6 Å². The molecular weight excluding hydrogens is 283 g/mol. The smallest absolute Gasteiger partial charge is 0.246 e. The van der Waals surface area contributed by atoms with Gasteiger partial charge in [0.15, 0.2) is 0 Å². The fourth-order valence-corrected chi connectivity index (χ4v) is 3.28. The standard InChI is InChI=1S/C13H19FN2O3S/c1-3-6-16(7-8-17)20(18,19)13-9-11(10-15-2)4-5-12(13)14/h3-5,9,15,17H,1,6-8,10H2,2H3. The molecular formula is C13H19FN2O3S. The van der Waals surface area contributed by atoms with E-state index in [1.54, 1.807) is 7.05 Å². The van der Waals surface area contributed by atoms with Crippen molar-refractivity contribution in [3.8, 4) is 0 Å². The molecule has 0 saturated carbocycles. The van der Waals surface area contributed by atoms with Crippen molar-refractivity contribution in [2.45, 2.75) is 11.4 Å². The number of sulfonamides is 1. The number of nitrogens with one attached hydrogen (secondary N) is 1. The van der Waals surface area contributed by atoms with E-state index in [9.17, 15) is 12.8 Å². The molecule has 0 aromatic heterocycles. The van der Waals surface area contributed by atoms with Gasteiger partial charge < -0.3 is 10.4 Å². The lowest BCUT2D eigenvalue weighted by Gasteiger charge is -2.20. The van der Waals surface area contributed by atoms with Crippen LogP contribution in [0.4, 0.5) is 4.39 Å². The van der Waals surface area contributed by atoms with Crippen molar-refractivity contribution in [3.63, 3.8) is 0 Å². The number of benzene rings is 1. The van der Waals surface area contributed by atoms with Crippen LogP contribution in [0.5, 0.6) is 0 Å². The first-order valence-corrected chi connectivity index (χ1v) is 7.56. The fraction of sp³-hybridized carbons (Fsp3) is 0.385.